The number of nitrogens with zero attached hydrogens (tertiary/aromatic N) is 11. The van der Waals surface area contributed by atoms with Gasteiger partial charge in [0, 0.05) is 44.8 Å². The summed E-state index contributed by atoms with van der Waals surface area (Å²) in [7, 11) is 0. The number of amides is 4. The summed E-state index contributed by atoms with van der Waals surface area (Å²) in [5.74, 6) is -11.5. The number of rotatable bonds is 21. The summed E-state index contributed by atoms with van der Waals surface area (Å²) < 4.78 is 199. The number of aromatic carboxylic acids is 1. The van der Waals surface area contributed by atoms with Gasteiger partial charge in [0.05, 0.1) is 107 Å². The molecule has 61 heteroatoms. The number of hydrogen-bond donors (Lipinski definition) is 10. The standard InChI is InChI=1S/C20H18O8.C12H8ClF3N4O2S.2C12H10ClF3N4OS.C12H7ClF3N3O2S.C6H4ClF3N2.C6H5NO3S.ClH/c1-11-3-7-13(8-4-11)19(25)27-15(17(21)22)16(18(23)24)28-20(26)14-9-5-12(2)6-10-14;1-5(20-22)11-18-4-8(23-11)10(21)19-9-2-6(12(14,15)16)7(13)3-17-9;2*1-5(17)11-19-4-8(22-11)10(21)20-9-2-6(12(14,15)16)7(13)3-18-9;1-5(20)11-18-4-8(22-11)10(21)19-9-2-6(12(14,15)16)7(13)3-17-9;7-4-2-12-5(11)1-3(4)6(8,9)10;1-3(8)5-7-2-4(11-5)6(9)10;/h3-10,15-16H,1-2H3,(H,21,22)(H,23,24);2-4,22H,1H3,(H,17,19,21);2*2-5H,17H2,1H3,(H,18,20,21);2-4H,1H3,(H,17,19,21);1-2H,(H2,11,12);2H,1H3,(H,9,10);1H/b;20-5+;;;;;;/t15-,16-;;;;;;;/m0......./s1. The number of oxime groups is 1. The zero-order chi connectivity index (χ0) is 105. The van der Waals surface area contributed by atoms with Crippen molar-refractivity contribution < 1.29 is 154 Å². The molecule has 35 nitrogen and oxygen atoms in total. The van der Waals surface area contributed by atoms with Crippen LogP contribution >= 0.6 is 127 Å². The van der Waals surface area contributed by atoms with Crippen LogP contribution in [0.3, 0.4) is 0 Å². The highest BCUT2D eigenvalue weighted by Gasteiger charge is 2.41. The number of ether oxygens (including phenoxy) is 2. The topological polar surface area (TPSA) is 559 Å². The number of aromatic nitrogens is 10. The lowest BCUT2D eigenvalue weighted by molar-refractivity contribution is -0.420. The molecule has 0 aliphatic carbocycles. The molecular formula is C80H63Cl6F15N18O17S5. The zero-order valence-electron chi connectivity index (χ0n) is 71.4. The maximum atomic E-state index is 12.8. The fourth-order valence-electron chi connectivity index (χ4n) is 9.39. The molecule has 141 heavy (non-hydrogen) atoms. The number of ketones is 2. The van der Waals surface area contributed by atoms with Crippen LogP contribution in [0.5, 0.6) is 0 Å². The first kappa shape index (κ1) is 118. The van der Waals surface area contributed by atoms with Gasteiger partial charge in [-0.25, -0.2) is 69.0 Å². The molecule has 0 spiro atoms. The Labute approximate surface area is 832 Å². The number of nitrogen functional groups attached to an aromatic ring is 1. The second-order valence-electron chi connectivity index (χ2n) is 27.1. The molecule has 10 heterocycles. The number of aliphatic carboxylic acids is 2. The van der Waals surface area contributed by atoms with Crippen molar-refractivity contribution in [3.63, 3.8) is 0 Å². The predicted molar refractivity (Wildman–Crippen MR) is 484 cm³/mol. The third kappa shape index (κ3) is 36.4. The van der Waals surface area contributed by atoms with E-state index in [0.29, 0.717) is 45.4 Å². The van der Waals surface area contributed by atoms with E-state index in [2.05, 4.69) is 82.0 Å². The summed E-state index contributed by atoms with van der Waals surface area (Å²) in [6.07, 6.45) is -17.3. The van der Waals surface area contributed by atoms with Gasteiger partial charge in [0.1, 0.15) is 75.2 Å². The number of esters is 2. The minimum atomic E-state index is -4.66. The SMILES string of the molecule is C/C(=N\O)c1ncc(C(=O)Nc2cc(C(F)(F)F)c(Cl)cn2)s1.CC(=O)c1ncc(C(=O)Nc2cc(C(F)(F)F)c(Cl)cn2)s1.CC(=O)c1ncc(C(=O)O)s1.CC(N)c1ncc(C(=O)Nc2cc(C(F)(F)F)c(Cl)cn2)s1.CC([NH3+])c1ncc(C(=O)Nc2cc(C(F)(F)F)c(Cl)cn2)s1.Cc1ccc(C(=O)O[C@H](C(=O)[O-])[C@H](OC(=O)c2ccc(C)cc2)C(=O)O)cc1.Cl.Nc1cc(C(F)(F)F)c(Cl)cn1. The molecule has 0 saturated carbocycles. The van der Waals surface area contributed by atoms with E-state index in [0.717, 1.165) is 105 Å². The van der Waals surface area contributed by atoms with Crippen LogP contribution in [0.15, 0.2) is 146 Å². The molecule has 0 bridgehead atoms. The van der Waals surface area contributed by atoms with Crippen molar-refractivity contribution in [2.45, 2.75) is 104 Å². The summed E-state index contributed by atoms with van der Waals surface area (Å²) >= 11 is 31.9. The molecule has 0 radical (unpaired) electrons. The zero-order valence-corrected chi connectivity index (χ0v) is 80.1. The number of aryl methyl sites for hydroxylation is 2. The van der Waals surface area contributed by atoms with E-state index >= 15 is 0 Å². The lowest BCUT2D eigenvalue weighted by Gasteiger charge is -2.24. The van der Waals surface area contributed by atoms with Gasteiger partial charge in [-0.15, -0.1) is 69.1 Å². The molecule has 0 fully saturated rings. The smallest absolute Gasteiger partial charge is 0.418 e. The Morgan fingerprint density at radius 1 is 0.418 bits per heavy atom. The minimum Gasteiger partial charge on any atom is -0.546 e. The number of nitrogens with one attached hydrogen (secondary N) is 4. The Morgan fingerprint density at radius 2 is 0.695 bits per heavy atom. The number of thiazole rings is 5. The number of alkyl halides is 15. The summed E-state index contributed by atoms with van der Waals surface area (Å²) in [4.78, 5) is 165. The number of anilines is 5. The van der Waals surface area contributed by atoms with Gasteiger partial charge in [-0.1, -0.05) is 98.6 Å². The Morgan fingerprint density at radius 3 is 0.957 bits per heavy atom. The van der Waals surface area contributed by atoms with Gasteiger partial charge in [0.15, 0.2) is 32.7 Å². The van der Waals surface area contributed by atoms with Crippen molar-refractivity contribution in [1.29, 1.82) is 0 Å². The highest BCUT2D eigenvalue weighted by atomic mass is 35.5. The summed E-state index contributed by atoms with van der Waals surface area (Å²) in [6, 6.07) is 14.8. The van der Waals surface area contributed by atoms with Gasteiger partial charge < -0.3 is 73.3 Å². The summed E-state index contributed by atoms with van der Waals surface area (Å²) in [6.45, 7) is 11.2. The van der Waals surface area contributed by atoms with Crippen LogP contribution in [0.1, 0.15) is 189 Å². The number of nitrogens with two attached hydrogens (primary N) is 2. The van der Waals surface area contributed by atoms with E-state index < -0.39 is 149 Å². The van der Waals surface area contributed by atoms with Crippen LogP contribution in [-0.2, 0) is 49.9 Å². The first-order valence-electron chi connectivity index (χ1n) is 37.4. The maximum absolute atomic E-state index is 12.8. The van der Waals surface area contributed by atoms with Crippen LogP contribution in [0.25, 0.3) is 0 Å². The van der Waals surface area contributed by atoms with E-state index in [1.807, 2.05) is 6.92 Å². The van der Waals surface area contributed by atoms with Crippen LogP contribution < -0.4 is 43.6 Å². The van der Waals surface area contributed by atoms with Crippen LogP contribution in [-0.4, -0.2) is 148 Å². The van der Waals surface area contributed by atoms with E-state index in [9.17, 15) is 129 Å². The number of hydrogen-bond acceptors (Lipinski definition) is 33. The van der Waals surface area contributed by atoms with Crippen molar-refractivity contribution in [2.24, 2.45) is 10.9 Å². The molecule has 0 aliphatic rings. The molecule has 2 unspecified atom stereocenters. The highest BCUT2D eigenvalue weighted by Crippen LogP contribution is 2.41. The molecular weight excluding hydrogens is 2140 g/mol. The predicted octanol–water partition coefficient (Wildman–Crippen LogP) is 18.3. The van der Waals surface area contributed by atoms with Gasteiger partial charge in [0.2, 0.25) is 6.10 Å². The van der Waals surface area contributed by atoms with E-state index in [1.165, 1.54) is 69.8 Å². The van der Waals surface area contributed by atoms with Crippen LogP contribution in [0.4, 0.5) is 94.9 Å². The molecule has 2 aromatic carbocycles. The first-order valence-corrected chi connectivity index (χ1v) is 43.4. The summed E-state index contributed by atoms with van der Waals surface area (Å²) in [5, 5.41) is 48.9. The van der Waals surface area contributed by atoms with Crippen LogP contribution in [0, 0.1) is 13.8 Å². The maximum Gasteiger partial charge on any atom is 0.418 e. The van der Waals surface area contributed by atoms with E-state index in [1.54, 1.807) is 45.0 Å². The fourth-order valence-corrected chi connectivity index (χ4v) is 14.1. The van der Waals surface area contributed by atoms with Gasteiger partial charge in [-0.2, -0.15) is 65.9 Å². The van der Waals surface area contributed by atoms with Gasteiger partial charge in [-0.05, 0) is 89.2 Å². The van der Waals surface area contributed by atoms with Crippen molar-refractivity contribution in [1.82, 2.24) is 49.8 Å². The summed E-state index contributed by atoms with van der Waals surface area (Å²) in [5.41, 5.74) is 11.1. The monoisotopic (exact) mass is 2200 g/mol. The Bertz CT molecular complexity index is 6330. The number of carbonyl (C=O) groups excluding carboxylic acids is 9. The molecule has 12 rings (SSSR count). The minimum absolute atomic E-state index is 0. The molecule has 0 saturated heterocycles. The lowest BCUT2D eigenvalue weighted by Crippen LogP contribution is -2.51. The number of halogens is 21. The van der Waals surface area contributed by atoms with Crippen molar-refractivity contribution in [3.05, 3.63) is 265 Å². The molecule has 14 N–H and O–H groups in total. The molecule has 0 aliphatic heterocycles. The van der Waals surface area contributed by atoms with Gasteiger partial charge in [0.25, 0.3) is 23.6 Å². The largest absolute Gasteiger partial charge is 0.546 e. The van der Waals surface area contributed by atoms with Gasteiger partial charge in [-0.3, -0.25) is 28.8 Å². The second-order valence-corrected chi connectivity index (χ2v) is 34.4. The third-order valence-corrected chi connectivity index (χ3v) is 23.3. The Hall–Kier alpha value is -13.2. The number of quaternary nitrogens is 1. The second kappa shape index (κ2) is 51.8. The van der Waals surface area contributed by atoms with Crippen LogP contribution in [0.2, 0.25) is 25.1 Å². The highest BCUT2D eigenvalue weighted by molar-refractivity contribution is 7.16. The first-order chi connectivity index (χ1) is 65.0. The number of benzene rings is 2. The van der Waals surface area contributed by atoms with Crippen molar-refractivity contribution in [2.75, 3.05) is 27.0 Å². The molecule has 752 valence electrons. The number of pyridine rings is 5. The number of carboxylic acid groups (broad SMARTS) is 3. The Balaban J connectivity index is 0.000000294. The number of carboxylic acids is 3. The van der Waals surface area contributed by atoms with E-state index in [-0.39, 0.29) is 116 Å². The molecule has 10 aromatic heterocycles. The van der Waals surface area contributed by atoms with Gasteiger partial charge >= 0.3 is 54.8 Å². The number of Topliss-reactive ketones (excluding diaryl/α,β-unsaturated/α-hetero) is 2. The normalized spacial score (nSPS) is 12.0. The lowest BCUT2D eigenvalue weighted by atomic mass is 10.1. The molecule has 12 aromatic rings. The average molecular weight is 2210 g/mol. The third-order valence-electron chi connectivity index (χ3n) is 16.1. The fraction of sp³-hybridized carbons (Fsp3) is 0.200. The molecule has 4 amide bonds. The average Bonchev–Trinajstić information content (AvgIpc) is 1.81. The Kier molecular flexibility index (Phi) is 43.5. The quantitative estimate of drug-likeness (QED) is 0.00797. The number of carbonyl (C=O) groups is 11. The van der Waals surface area contributed by atoms with Crippen molar-refractivity contribution >= 4 is 227 Å². The van der Waals surface area contributed by atoms with Crippen molar-refractivity contribution in [3.8, 4) is 0 Å². The molecule has 4 atom stereocenters. The van der Waals surface area contributed by atoms with E-state index in [4.69, 9.17) is 89.3 Å².